The molecule has 0 aromatic heterocycles. The normalized spacial score (nSPS) is 16.7. The molecule has 0 aliphatic carbocycles. The maximum absolute atomic E-state index is 3.28. The summed E-state index contributed by atoms with van der Waals surface area (Å²) in [5.41, 5.74) is 0. The summed E-state index contributed by atoms with van der Waals surface area (Å²) >= 11 is 0. The van der Waals surface area contributed by atoms with Crippen molar-refractivity contribution in [2.45, 2.75) is 33.1 Å². The van der Waals surface area contributed by atoms with Gasteiger partial charge in [0.15, 0.2) is 0 Å². The van der Waals surface area contributed by atoms with Crippen molar-refractivity contribution in [3.05, 3.63) is 0 Å². The summed E-state index contributed by atoms with van der Waals surface area (Å²) in [5, 5.41) is 3.28. The molecule has 2 heteroatoms. The number of rotatable bonds is 0. The highest BCUT2D eigenvalue weighted by Gasteiger charge is 1.93. The fourth-order valence-corrected chi connectivity index (χ4v) is 0.802. The lowest BCUT2D eigenvalue weighted by atomic mass is 10.2. The maximum Gasteiger partial charge on any atom is -0.00489 e. The van der Waals surface area contributed by atoms with E-state index in [1.54, 1.807) is 0 Å². The van der Waals surface area contributed by atoms with Gasteiger partial charge in [0.05, 0.1) is 0 Å². The Labute approximate surface area is 64.6 Å². The van der Waals surface area contributed by atoms with E-state index in [9.17, 15) is 0 Å². The Morgan fingerprint density at radius 3 is 1.44 bits per heavy atom. The zero-order valence-electron chi connectivity index (χ0n) is 6.44. The summed E-state index contributed by atoms with van der Waals surface area (Å²) < 4.78 is 0. The van der Waals surface area contributed by atoms with E-state index in [4.69, 9.17) is 0 Å². The van der Waals surface area contributed by atoms with Crippen molar-refractivity contribution < 1.29 is 0 Å². The molecule has 0 bridgehead atoms. The van der Waals surface area contributed by atoms with Gasteiger partial charge in [-0.2, -0.15) is 0 Å². The van der Waals surface area contributed by atoms with E-state index in [-0.39, 0.29) is 12.4 Å². The van der Waals surface area contributed by atoms with E-state index in [1.807, 2.05) is 13.8 Å². The molecule has 0 aromatic carbocycles. The van der Waals surface area contributed by atoms with Crippen LogP contribution in [0.3, 0.4) is 0 Å². The minimum absolute atomic E-state index is 0. The third kappa shape index (κ3) is 8.25. The van der Waals surface area contributed by atoms with E-state index >= 15 is 0 Å². The molecule has 0 aromatic rings. The van der Waals surface area contributed by atoms with Crippen LogP contribution in [0.25, 0.3) is 0 Å². The predicted octanol–water partition coefficient (Wildman–Crippen LogP) is 2.21. The van der Waals surface area contributed by atoms with E-state index < -0.39 is 0 Å². The first-order valence-corrected chi connectivity index (χ1v) is 3.71. The van der Waals surface area contributed by atoms with Crippen molar-refractivity contribution in [3.63, 3.8) is 0 Å². The third-order valence-corrected chi connectivity index (χ3v) is 1.21. The molecule has 1 aliphatic rings. The summed E-state index contributed by atoms with van der Waals surface area (Å²) in [6.45, 7) is 6.50. The standard InChI is InChI=1S/C5H11N.C2H6.ClH/c1-2-4-6-5-3-1;1-2;/h6H,1-5H2;1-2H3;1H. The highest BCUT2D eigenvalue weighted by Crippen LogP contribution is 1.96. The van der Waals surface area contributed by atoms with Gasteiger partial charge in [-0.15, -0.1) is 12.4 Å². The van der Waals surface area contributed by atoms with Gasteiger partial charge in [0.1, 0.15) is 0 Å². The molecular formula is C7H18ClN. The summed E-state index contributed by atoms with van der Waals surface area (Å²) in [7, 11) is 0. The lowest BCUT2D eigenvalue weighted by molar-refractivity contribution is 0.520. The van der Waals surface area contributed by atoms with Crippen molar-refractivity contribution >= 4 is 12.4 Å². The van der Waals surface area contributed by atoms with Gasteiger partial charge in [-0.1, -0.05) is 20.3 Å². The number of hydrogen-bond acceptors (Lipinski definition) is 1. The van der Waals surface area contributed by atoms with Crippen molar-refractivity contribution in [1.29, 1.82) is 0 Å². The molecule has 1 aliphatic heterocycles. The SMILES string of the molecule is C1CCNCC1.CC.Cl. The molecule has 0 spiro atoms. The first-order chi connectivity index (χ1) is 4.00. The fourth-order valence-electron chi connectivity index (χ4n) is 0.802. The summed E-state index contributed by atoms with van der Waals surface area (Å²) in [5.74, 6) is 0. The van der Waals surface area contributed by atoms with Crippen molar-refractivity contribution in [1.82, 2.24) is 5.32 Å². The molecule has 1 rings (SSSR count). The fraction of sp³-hybridized carbons (Fsp3) is 1.00. The Bertz CT molecular complexity index is 24.4. The van der Waals surface area contributed by atoms with Crippen molar-refractivity contribution in [2.24, 2.45) is 0 Å². The Kier molecular flexibility index (Phi) is 14.8. The van der Waals surface area contributed by atoms with Gasteiger partial charge in [0.25, 0.3) is 0 Å². The number of piperidine rings is 1. The van der Waals surface area contributed by atoms with E-state index in [0.29, 0.717) is 0 Å². The molecule has 0 amide bonds. The van der Waals surface area contributed by atoms with Crippen LogP contribution in [0.15, 0.2) is 0 Å². The second-order valence-electron chi connectivity index (χ2n) is 1.81. The Balaban J connectivity index is 0. The highest BCUT2D eigenvalue weighted by molar-refractivity contribution is 5.85. The van der Waals surface area contributed by atoms with Crippen LogP contribution in [0.5, 0.6) is 0 Å². The summed E-state index contributed by atoms with van der Waals surface area (Å²) in [6.07, 6.45) is 4.22. The molecule has 1 fully saturated rings. The molecule has 0 saturated carbocycles. The first kappa shape index (κ1) is 12.0. The first-order valence-electron chi connectivity index (χ1n) is 3.71. The lowest BCUT2D eigenvalue weighted by Gasteiger charge is -2.08. The molecule has 0 radical (unpaired) electrons. The molecular weight excluding hydrogens is 134 g/mol. The monoisotopic (exact) mass is 151 g/mol. The predicted molar refractivity (Wildman–Crippen MR) is 45.3 cm³/mol. The van der Waals surface area contributed by atoms with Gasteiger partial charge < -0.3 is 5.32 Å². The van der Waals surface area contributed by atoms with E-state index in [0.717, 1.165) is 0 Å². The van der Waals surface area contributed by atoms with Gasteiger partial charge in [0.2, 0.25) is 0 Å². The average molecular weight is 152 g/mol. The topological polar surface area (TPSA) is 12.0 Å². The zero-order chi connectivity index (χ0) is 6.24. The largest absolute Gasteiger partial charge is 0.317 e. The zero-order valence-corrected chi connectivity index (χ0v) is 7.26. The average Bonchev–Trinajstić information content (AvgIpc) is 1.96. The Morgan fingerprint density at radius 2 is 1.33 bits per heavy atom. The van der Waals surface area contributed by atoms with E-state index in [1.165, 1.54) is 32.4 Å². The van der Waals surface area contributed by atoms with Crippen LogP contribution in [0.1, 0.15) is 33.1 Å². The van der Waals surface area contributed by atoms with Crippen LogP contribution in [0.4, 0.5) is 0 Å². The molecule has 0 atom stereocenters. The van der Waals surface area contributed by atoms with Crippen molar-refractivity contribution in [3.8, 4) is 0 Å². The highest BCUT2D eigenvalue weighted by atomic mass is 35.5. The summed E-state index contributed by atoms with van der Waals surface area (Å²) in [4.78, 5) is 0. The van der Waals surface area contributed by atoms with Crippen LogP contribution in [-0.2, 0) is 0 Å². The quantitative estimate of drug-likeness (QED) is 0.560. The van der Waals surface area contributed by atoms with Gasteiger partial charge in [-0.25, -0.2) is 0 Å². The second-order valence-corrected chi connectivity index (χ2v) is 1.81. The molecule has 1 N–H and O–H groups in total. The molecule has 9 heavy (non-hydrogen) atoms. The Hall–Kier alpha value is 0.250. The van der Waals surface area contributed by atoms with Crippen LogP contribution in [0.2, 0.25) is 0 Å². The maximum atomic E-state index is 3.28. The minimum Gasteiger partial charge on any atom is -0.317 e. The van der Waals surface area contributed by atoms with Crippen LogP contribution >= 0.6 is 12.4 Å². The molecule has 1 saturated heterocycles. The van der Waals surface area contributed by atoms with Crippen LogP contribution in [-0.4, -0.2) is 13.1 Å². The lowest BCUT2D eigenvalue weighted by Crippen LogP contribution is -2.21. The van der Waals surface area contributed by atoms with E-state index in [2.05, 4.69) is 5.32 Å². The van der Waals surface area contributed by atoms with Gasteiger partial charge >= 0.3 is 0 Å². The third-order valence-electron chi connectivity index (χ3n) is 1.21. The molecule has 0 unspecified atom stereocenters. The van der Waals surface area contributed by atoms with Gasteiger partial charge in [-0.05, 0) is 25.9 Å². The molecule has 1 heterocycles. The van der Waals surface area contributed by atoms with Gasteiger partial charge in [0, 0.05) is 0 Å². The van der Waals surface area contributed by atoms with Crippen molar-refractivity contribution in [2.75, 3.05) is 13.1 Å². The molecule has 1 nitrogen and oxygen atoms in total. The second kappa shape index (κ2) is 11.1. The Morgan fingerprint density at radius 1 is 0.889 bits per heavy atom. The smallest absolute Gasteiger partial charge is 0.00489 e. The number of hydrogen-bond donors (Lipinski definition) is 1. The van der Waals surface area contributed by atoms with Crippen LogP contribution in [0, 0.1) is 0 Å². The number of nitrogens with one attached hydrogen (secondary N) is 1. The summed E-state index contributed by atoms with van der Waals surface area (Å²) in [6, 6.07) is 0. The minimum atomic E-state index is 0. The van der Waals surface area contributed by atoms with Crippen LogP contribution < -0.4 is 5.32 Å². The molecule has 58 valence electrons. The number of halogens is 1. The van der Waals surface area contributed by atoms with Gasteiger partial charge in [-0.3, -0.25) is 0 Å².